The van der Waals surface area contributed by atoms with Crippen molar-refractivity contribution in [1.29, 1.82) is 0 Å². The Bertz CT molecular complexity index is 1210. The van der Waals surface area contributed by atoms with Crippen molar-refractivity contribution in [2.24, 2.45) is 0 Å². The molecule has 0 saturated heterocycles. The van der Waals surface area contributed by atoms with E-state index in [9.17, 15) is 9.59 Å². The summed E-state index contributed by atoms with van der Waals surface area (Å²) in [6.45, 7) is 0.894. The van der Waals surface area contributed by atoms with E-state index < -0.39 is 0 Å². The topological polar surface area (TPSA) is 60.3 Å². The minimum atomic E-state index is -0.192. The van der Waals surface area contributed by atoms with Crippen LogP contribution in [-0.2, 0) is 13.1 Å². The lowest BCUT2D eigenvalue weighted by Gasteiger charge is -2.05. The number of nitrogens with one attached hydrogen (secondary N) is 1. The molecule has 0 unspecified atom stereocenters. The van der Waals surface area contributed by atoms with E-state index in [4.69, 9.17) is 4.74 Å². The number of aromatic nitrogens is 1. The quantitative estimate of drug-likeness (QED) is 0.527. The van der Waals surface area contributed by atoms with Crippen molar-refractivity contribution in [2.45, 2.75) is 13.1 Å². The summed E-state index contributed by atoms with van der Waals surface area (Å²) in [5.74, 6) is 0.556. The van der Waals surface area contributed by atoms with Crippen LogP contribution in [0.2, 0.25) is 0 Å². The van der Waals surface area contributed by atoms with Crippen LogP contribution < -0.4 is 15.6 Å². The molecule has 0 aliphatic rings. The molecule has 4 rings (SSSR count). The first-order chi connectivity index (χ1) is 14.1. The second-order valence-electron chi connectivity index (χ2n) is 6.66. The number of benzene rings is 2. The molecule has 2 heterocycles. The Kier molecular flexibility index (Phi) is 5.44. The van der Waals surface area contributed by atoms with Crippen molar-refractivity contribution in [1.82, 2.24) is 9.88 Å². The Balaban J connectivity index is 1.53. The van der Waals surface area contributed by atoms with E-state index in [1.807, 2.05) is 60.7 Å². The van der Waals surface area contributed by atoms with Gasteiger partial charge < -0.3 is 14.6 Å². The van der Waals surface area contributed by atoms with E-state index in [1.165, 1.54) is 11.3 Å². The predicted octanol–water partition coefficient (Wildman–Crippen LogP) is 4.05. The Morgan fingerprint density at radius 3 is 2.62 bits per heavy atom. The molecular weight excluding hydrogens is 384 g/mol. The lowest BCUT2D eigenvalue weighted by atomic mass is 10.2. The number of methoxy groups -OCH3 is 1. The Labute approximate surface area is 172 Å². The largest absolute Gasteiger partial charge is 0.497 e. The summed E-state index contributed by atoms with van der Waals surface area (Å²) in [7, 11) is 1.61. The number of carbonyl (C=O) groups is 1. The van der Waals surface area contributed by atoms with E-state index in [0.717, 1.165) is 21.6 Å². The molecule has 0 spiro atoms. The maximum Gasteiger partial charge on any atom is 0.261 e. The van der Waals surface area contributed by atoms with Crippen molar-refractivity contribution in [2.75, 3.05) is 7.11 Å². The summed E-state index contributed by atoms with van der Waals surface area (Å²) < 4.78 is 7.69. The molecule has 0 fully saturated rings. The summed E-state index contributed by atoms with van der Waals surface area (Å²) in [5.41, 5.74) is 1.92. The molecule has 2 aromatic carbocycles. The lowest BCUT2D eigenvalue weighted by molar-refractivity contribution is 0.0955. The van der Waals surface area contributed by atoms with Gasteiger partial charge in [-0.1, -0.05) is 42.5 Å². The molecule has 0 atom stereocenters. The minimum absolute atomic E-state index is 0.0885. The Morgan fingerprint density at radius 2 is 1.83 bits per heavy atom. The number of fused-ring (bicyclic) bond motifs is 1. The molecule has 1 N–H and O–H groups in total. The molecular formula is C23H20N2O3S. The van der Waals surface area contributed by atoms with Crippen LogP contribution in [0.4, 0.5) is 0 Å². The second-order valence-corrected chi connectivity index (χ2v) is 7.74. The van der Waals surface area contributed by atoms with Crippen LogP contribution >= 0.6 is 11.3 Å². The van der Waals surface area contributed by atoms with Gasteiger partial charge in [0.05, 0.1) is 23.9 Å². The molecule has 0 aliphatic carbocycles. The van der Waals surface area contributed by atoms with Crippen LogP contribution in [0.3, 0.4) is 0 Å². The van der Waals surface area contributed by atoms with Crippen molar-refractivity contribution in [3.63, 3.8) is 0 Å². The van der Waals surface area contributed by atoms with E-state index >= 15 is 0 Å². The molecule has 146 valence electrons. The van der Waals surface area contributed by atoms with E-state index in [1.54, 1.807) is 23.9 Å². The number of hydrogen-bond acceptors (Lipinski definition) is 4. The number of nitrogens with zero attached hydrogens (tertiary/aromatic N) is 1. The molecule has 1 amide bonds. The monoisotopic (exact) mass is 404 g/mol. The minimum Gasteiger partial charge on any atom is -0.497 e. The van der Waals surface area contributed by atoms with Crippen molar-refractivity contribution in [3.8, 4) is 5.75 Å². The van der Waals surface area contributed by atoms with Gasteiger partial charge in [-0.05, 0) is 35.4 Å². The third-order valence-electron chi connectivity index (χ3n) is 4.66. The van der Waals surface area contributed by atoms with Gasteiger partial charge in [0.1, 0.15) is 5.75 Å². The maximum absolute atomic E-state index is 12.8. The average molecular weight is 404 g/mol. The van der Waals surface area contributed by atoms with Gasteiger partial charge in [0.2, 0.25) is 0 Å². The molecule has 6 heteroatoms. The van der Waals surface area contributed by atoms with Gasteiger partial charge in [0, 0.05) is 17.4 Å². The van der Waals surface area contributed by atoms with Gasteiger partial charge >= 0.3 is 0 Å². The van der Waals surface area contributed by atoms with Gasteiger partial charge in [-0.25, -0.2) is 0 Å². The maximum atomic E-state index is 12.8. The van der Waals surface area contributed by atoms with Crippen LogP contribution in [0.25, 0.3) is 10.1 Å². The predicted molar refractivity (Wildman–Crippen MR) is 116 cm³/mol. The number of thiophene rings is 1. The molecule has 5 nitrogen and oxygen atoms in total. The molecule has 0 saturated carbocycles. The van der Waals surface area contributed by atoms with Crippen molar-refractivity contribution < 1.29 is 9.53 Å². The lowest BCUT2D eigenvalue weighted by Crippen LogP contribution is -2.22. The standard InChI is InChI=1S/C23H20N2O3S/c1-28-18-9-5-8-17(12-18)14-24-22(26)21-13-19-20(29-21)10-11-25(23(19)27)15-16-6-3-2-4-7-16/h2-13H,14-15H2,1H3,(H,24,26). The van der Waals surface area contributed by atoms with Crippen LogP contribution in [0.15, 0.2) is 77.7 Å². The average Bonchev–Trinajstić information content (AvgIpc) is 3.20. The number of rotatable bonds is 6. The first kappa shape index (κ1) is 19.0. The zero-order chi connectivity index (χ0) is 20.2. The van der Waals surface area contributed by atoms with Crippen LogP contribution in [0.1, 0.15) is 20.8 Å². The number of hydrogen-bond donors (Lipinski definition) is 1. The van der Waals surface area contributed by atoms with Crippen LogP contribution in [0, 0.1) is 0 Å². The second kappa shape index (κ2) is 8.32. The SMILES string of the molecule is COc1cccc(CNC(=O)c2cc3c(=O)n(Cc4ccccc4)ccc3s2)c1. The fourth-order valence-electron chi connectivity index (χ4n) is 3.14. The van der Waals surface area contributed by atoms with Gasteiger partial charge in [-0.15, -0.1) is 11.3 Å². The highest BCUT2D eigenvalue weighted by Gasteiger charge is 2.13. The molecule has 2 aromatic heterocycles. The molecule has 29 heavy (non-hydrogen) atoms. The number of pyridine rings is 1. The molecule has 0 bridgehead atoms. The zero-order valence-electron chi connectivity index (χ0n) is 15.9. The van der Waals surface area contributed by atoms with Gasteiger partial charge in [0.15, 0.2) is 0 Å². The Hall–Kier alpha value is -3.38. The van der Waals surface area contributed by atoms with Gasteiger partial charge in [-0.3, -0.25) is 9.59 Å². The summed E-state index contributed by atoms with van der Waals surface area (Å²) in [5, 5.41) is 3.48. The molecule has 4 aromatic rings. The Morgan fingerprint density at radius 1 is 1.03 bits per heavy atom. The van der Waals surface area contributed by atoms with E-state index in [-0.39, 0.29) is 11.5 Å². The summed E-state index contributed by atoms with van der Waals surface area (Å²) in [6, 6.07) is 21.0. The highest BCUT2D eigenvalue weighted by Crippen LogP contribution is 2.23. The van der Waals surface area contributed by atoms with Gasteiger partial charge in [0.25, 0.3) is 11.5 Å². The van der Waals surface area contributed by atoms with Crippen molar-refractivity contribution >= 4 is 27.3 Å². The van der Waals surface area contributed by atoms with Gasteiger partial charge in [-0.2, -0.15) is 0 Å². The highest BCUT2D eigenvalue weighted by atomic mass is 32.1. The molecule has 0 radical (unpaired) electrons. The first-order valence-electron chi connectivity index (χ1n) is 9.22. The third kappa shape index (κ3) is 4.22. The highest BCUT2D eigenvalue weighted by molar-refractivity contribution is 7.20. The van der Waals surface area contributed by atoms with Crippen LogP contribution in [0.5, 0.6) is 5.75 Å². The fourth-order valence-corrected chi connectivity index (χ4v) is 4.11. The van der Waals surface area contributed by atoms with E-state index in [0.29, 0.717) is 23.4 Å². The van der Waals surface area contributed by atoms with Crippen molar-refractivity contribution in [3.05, 3.63) is 99.3 Å². The molecule has 0 aliphatic heterocycles. The smallest absolute Gasteiger partial charge is 0.261 e. The first-order valence-corrected chi connectivity index (χ1v) is 10.0. The summed E-state index contributed by atoms with van der Waals surface area (Å²) in [6.07, 6.45) is 1.78. The zero-order valence-corrected chi connectivity index (χ0v) is 16.7. The fraction of sp³-hybridized carbons (Fsp3) is 0.130. The van der Waals surface area contributed by atoms with E-state index in [2.05, 4.69) is 5.32 Å². The summed E-state index contributed by atoms with van der Waals surface area (Å²) in [4.78, 5) is 26.0. The number of ether oxygens (including phenoxy) is 1. The summed E-state index contributed by atoms with van der Waals surface area (Å²) >= 11 is 1.33. The normalized spacial score (nSPS) is 10.8. The van der Waals surface area contributed by atoms with Crippen LogP contribution in [-0.4, -0.2) is 17.6 Å². The number of carbonyl (C=O) groups excluding carboxylic acids is 1. The number of amides is 1. The third-order valence-corrected chi connectivity index (χ3v) is 5.76.